The quantitative estimate of drug-likeness (QED) is 0.478. The zero-order valence-electron chi connectivity index (χ0n) is 9.08. The molecule has 0 atom stereocenters. The zero-order chi connectivity index (χ0) is 12.3. The Hall–Kier alpha value is -2.48. The van der Waals surface area contributed by atoms with Gasteiger partial charge >= 0.3 is 0 Å². The third-order valence-corrected chi connectivity index (χ3v) is 2.05. The molecule has 0 spiro atoms. The van der Waals surface area contributed by atoms with Gasteiger partial charge in [0.05, 0.1) is 0 Å². The largest absolute Gasteiger partial charge is 0.354 e. The standard InChI is InChI=1S/C9H11N7O/c1-11-8(17)6-3-5-16(15-6)7-2-4-12-9(13-7)14-10/h2-5H,10H2,1H3,(H,11,17)(H,12,13,14). The smallest absolute Gasteiger partial charge is 0.271 e. The molecular formula is C9H11N7O. The maximum Gasteiger partial charge on any atom is 0.271 e. The Labute approximate surface area is 96.8 Å². The topological polar surface area (TPSA) is 111 Å². The molecule has 0 unspecified atom stereocenters. The molecule has 2 aromatic rings. The summed E-state index contributed by atoms with van der Waals surface area (Å²) in [4.78, 5) is 19.3. The summed E-state index contributed by atoms with van der Waals surface area (Å²) >= 11 is 0. The van der Waals surface area contributed by atoms with Crippen molar-refractivity contribution in [2.24, 2.45) is 5.84 Å². The summed E-state index contributed by atoms with van der Waals surface area (Å²) in [6.45, 7) is 0. The van der Waals surface area contributed by atoms with E-state index in [-0.39, 0.29) is 11.9 Å². The van der Waals surface area contributed by atoms with E-state index < -0.39 is 0 Å². The summed E-state index contributed by atoms with van der Waals surface area (Å²) in [5.74, 6) is 5.74. The number of nitrogens with one attached hydrogen (secondary N) is 2. The van der Waals surface area contributed by atoms with Crippen molar-refractivity contribution in [1.29, 1.82) is 0 Å². The molecule has 4 N–H and O–H groups in total. The minimum absolute atomic E-state index is 0.255. The van der Waals surface area contributed by atoms with E-state index in [2.05, 4.69) is 25.8 Å². The molecule has 2 heterocycles. The molecule has 0 aliphatic carbocycles. The fourth-order valence-electron chi connectivity index (χ4n) is 1.25. The fraction of sp³-hybridized carbons (Fsp3) is 0.111. The van der Waals surface area contributed by atoms with Gasteiger partial charge in [0.25, 0.3) is 5.91 Å². The molecule has 0 aliphatic rings. The van der Waals surface area contributed by atoms with E-state index in [0.717, 1.165) is 0 Å². The summed E-state index contributed by atoms with van der Waals surface area (Å²) in [6.07, 6.45) is 3.17. The van der Waals surface area contributed by atoms with E-state index in [0.29, 0.717) is 11.5 Å². The summed E-state index contributed by atoms with van der Waals surface area (Å²) in [6, 6.07) is 3.25. The van der Waals surface area contributed by atoms with Crippen LogP contribution >= 0.6 is 0 Å². The lowest BCUT2D eigenvalue weighted by Gasteiger charge is -2.02. The minimum Gasteiger partial charge on any atom is -0.354 e. The Morgan fingerprint density at radius 2 is 2.29 bits per heavy atom. The number of nitrogens with zero attached hydrogens (tertiary/aromatic N) is 4. The minimum atomic E-state index is -0.255. The number of nitrogens with two attached hydrogens (primary N) is 1. The van der Waals surface area contributed by atoms with Crippen LogP contribution in [0.1, 0.15) is 10.5 Å². The highest BCUT2D eigenvalue weighted by Gasteiger charge is 2.08. The SMILES string of the molecule is CNC(=O)c1ccn(-c2ccnc(NN)n2)n1. The van der Waals surface area contributed by atoms with Gasteiger partial charge in [-0.05, 0) is 6.07 Å². The van der Waals surface area contributed by atoms with Gasteiger partial charge in [-0.25, -0.2) is 15.5 Å². The van der Waals surface area contributed by atoms with Crippen molar-refractivity contribution in [1.82, 2.24) is 25.1 Å². The van der Waals surface area contributed by atoms with E-state index in [1.54, 1.807) is 31.6 Å². The lowest BCUT2D eigenvalue weighted by molar-refractivity contribution is 0.0957. The molecule has 1 amide bonds. The second kappa shape index (κ2) is 4.58. The van der Waals surface area contributed by atoms with Crippen LogP contribution in [0.5, 0.6) is 0 Å². The van der Waals surface area contributed by atoms with Crippen LogP contribution in [0.25, 0.3) is 5.82 Å². The van der Waals surface area contributed by atoms with E-state index in [1.807, 2.05) is 0 Å². The van der Waals surface area contributed by atoms with Gasteiger partial charge in [0.1, 0.15) is 0 Å². The number of carbonyl (C=O) groups excluding carboxylic acids is 1. The average molecular weight is 233 g/mol. The summed E-state index contributed by atoms with van der Waals surface area (Å²) in [5.41, 5.74) is 2.65. The van der Waals surface area contributed by atoms with Gasteiger partial charge in [0.15, 0.2) is 11.5 Å². The maximum atomic E-state index is 11.3. The third-order valence-electron chi connectivity index (χ3n) is 2.05. The monoisotopic (exact) mass is 233 g/mol. The Balaban J connectivity index is 2.33. The zero-order valence-corrected chi connectivity index (χ0v) is 9.08. The number of hydrazine groups is 1. The number of rotatable bonds is 3. The van der Waals surface area contributed by atoms with Gasteiger partial charge in [-0.15, -0.1) is 0 Å². The van der Waals surface area contributed by atoms with Crippen molar-refractivity contribution >= 4 is 11.9 Å². The van der Waals surface area contributed by atoms with Crippen molar-refractivity contribution < 1.29 is 4.79 Å². The first-order chi connectivity index (χ1) is 8.24. The number of nitrogen functional groups attached to an aromatic ring is 1. The van der Waals surface area contributed by atoms with Crippen LogP contribution in [-0.4, -0.2) is 32.7 Å². The molecule has 8 nitrogen and oxygen atoms in total. The fourth-order valence-corrected chi connectivity index (χ4v) is 1.25. The molecule has 0 aromatic carbocycles. The number of hydrogen-bond acceptors (Lipinski definition) is 6. The van der Waals surface area contributed by atoms with Crippen molar-refractivity contribution in [3.05, 3.63) is 30.2 Å². The van der Waals surface area contributed by atoms with Crippen LogP contribution in [0.3, 0.4) is 0 Å². The molecule has 0 radical (unpaired) electrons. The second-order valence-electron chi connectivity index (χ2n) is 3.11. The molecule has 88 valence electrons. The van der Waals surface area contributed by atoms with E-state index >= 15 is 0 Å². The van der Waals surface area contributed by atoms with Crippen molar-refractivity contribution in [2.45, 2.75) is 0 Å². The molecule has 17 heavy (non-hydrogen) atoms. The number of carbonyl (C=O) groups is 1. The molecular weight excluding hydrogens is 222 g/mol. The van der Waals surface area contributed by atoms with Crippen LogP contribution in [0, 0.1) is 0 Å². The summed E-state index contributed by atoms with van der Waals surface area (Å²) < 4.78 is 1.47. The van der Waals surface area contributed by atoms with Crippen molar-refractivity contribution in [3.63, 3.8) is 0 Å². The van der Waals surface area contributed by atoms with Gasteiger partial charge < -0.3 is 5.32 Å². The predicted molar refractivity (Wildman–Crippen MR) is 60.4 cm³/mol. The number of amides is 1. The van der Waals surface area contributed by atoms with Crippen LogP contribution in [0.4, 0.5) is 5.95 Å². The lowest BCUT2D eigenvalue weighted by atomic mass is 10.4. The highest BCUT2D eigenvalue weighted by atomic mass is 16.1. The van der Waals surface area contributed by atoms with Gasteiger partial charge in [-0.2, -0.15) is 10.1 Å². The van der Waals surface area contributed by atoms with Gasteiger partial charge in [0, 0.05) is 25.5 Å². The number of anilines is 1. The molecule has 0 saturated heterocycles. The van der Waals surface area contributed by atoms with E-state index in [9.17, 15) is 4.79 Å². The number of aromatic nitrogens is 4. The summed E-state index contributed by atoms with van der Waals surface area (Å²) in [7, 11) is 1.54. The van der Waals surface area contributed by atoms with E-state index in [1.165, 1.54) is 4.68 Å². The predicted octanol–water partition coefficient (Wildman–Crippen LogP) is -0.692. The number of hydrogen-bond donors (Lipinski definition) is 3. The molecule has 2 rings (SSSR count). The molecule has 0 aliphatic heterocycles. The molecule has 0 fully saturated rings. The normalized spacial score (nSPS) is 10.0. The Morgan fingerprint density at radius 3 is 3.00 bits per heavy atom. The highest BCUT2D eigenvalue weighted by Crippen LogP contribution is 2.06. The van der Waals surface area contributed by atoms with Crippen molar-refractivity contribution in [2.75, 3.05) is 12.5 Å². The average Bonchev–Trinajstić information content (AvgIpc) is 2.87. The summed E-state index contributed by atoms with van der Waals surface area (Å²) in [5, 5.41) is 6.56. The first-order valence-corrected chi connectivity index (χ1v) is 4.82. The van der Waals surface area contributed by atoms with Crippen LogP contribution in [0.2, 0.25) is 0 Å². The van der Waals surface area contributed by atoms with Gasteiger partial charge in [-0.3, -0.25) is 10.2 Å². The van der Waals surface area contributed by atoms with Gasteiger partial charge in [-0.1, -0.05) is 0 Å². The highest BCUT2D eigenvalue weighted by molar-refractivity contribution is 5.91. The van der Waals surface area contributed by atoms with Gasteiger partial charge in [0.2, 0.25) is 5.95 Å². The molecule has 8 heteroatoms. The first kappa shape index (κ1) is 11.0. The molecule has 0 saturated carbocycles. The van der Waals surface area contributed by atoms with Crippen LogP contribution < -0.4 is 16.6 Å². The van der Waals surface area contributed by atoms with Crippen LogP contribution in [-0.2, 0) is 0 Å². The Morgan fingerprint density at radius 1 is 1.47 bits per heavy atom. The molecule has 2 aromatic heterocycles. The van der Waals surface area contributed by atoms with Crippen LogP contribution in [0.15, 0.2) is 24.5 Å². The Kier molecular flexibility index (Phi) is 2.97. The maximum absolute atomic E-state index is 11.3. The Bertz CT molecular complexity index is 536. The molecule has 0 bridgehead atoms. The lowest BCUT2D eigenvalue weighted by Crippen LogP contribution is -2.18. The third kappa shape index (κ3) is 2.21. The first-order valence-electron chi connectivity index (χ1n) is 4.82. The second-order valence-corrected chi connectivity index (χ2v) is 3.11. The van der Waals surface area contributed by atoms with Crippen molar-refractivity contribution in [3.8, 4) is 5.82 Å². The van der Waals surface area contributed by atoms with E-state index in [4.69, 9.17) is 5.84 Å².